The topological polar surface area (TPSA) is 117 Å². The van der Waals surface area contributed by atoms with Crippen molar-refractivity contribution in [3.63, 3.8) is 0 Å². The standard InChI is InChI=1S/C36H72NO7P/c1-3-5-7-9-11-13-15-17-18-20-22-24-26-28-31-41-33-35(34-43-45(39,40)42-32-30-37)44-36(38)29-27-25-23-21-19-16-14-12-10-8-6-4-2/h28,31,35H,3-27,29-30,32-34,37H2,1-2H3,(H,39,40)/t35-/m1/s1. The van der Waals surface area contributed by atoms with E-state index in [9.17, 15) is 14.3 Å². The third-order valence-corrected chi connectivity index (χ3v) is 9.01. The molecule has 268 valence electrons. The Bertz CT molecular complexity index is 707. The highest BCUT2D eigenvalue weighted by molar-refractivity contribution is 7.47. The number of nitrogens with two attached hydrogens (primary N) is 1. The Balaban J connectivity index is 4.13. The summed E-state index contributed by atoms with van der Waals surface area (Å²) < 4.78 is 33.0. The normalized spacial score (nSPS) is 13.7. The summed E-state index contributed by atoms with van der Waals surface area (Å²) in [6.07, 6.45) is 34.5. The zero-order valence-corrected chi connectivity index (χ0v) is 30.3. The summed E-state index contributed by atoms with van der Waals surface area (Å²) >= 11 is 0. The van der Waals surface area contributed by atoms with Crippen molar-refractivity contribution in [2.24, 2.45) is 5.73 Å². The van der Waals surface area contributed by atoms with Crippen LogP contribution in [0.3, 0.4) is 0 Å². The predicted octanol–water partition coefficient (Wildman–Crippen LogP) is 10.7. The molecule has 0 fully saturated rings. The van der Waals surface area contributed by atoms with Crippen LogP contribution in [0.5, 0.6) is 0 Å². The molecule has 0 saturated carbocycles. The van der Waals surface area contributed by atoms with Gasteiger partial charge in [-0.25, -0.2) is 4.57 Å². The van der Waals surface area contributed by atoms with Gasteiger partial charge in [-0.3, -0.25) is 13.8 Å². The molecule has 0 heterocycles. The number of allylic oxidation sites excluding steroid dienone is 1. The van der Waals surface area contributed by atoms with Gasteiger partial charge in [0.25, 0.3) is 0 Å². The molecule has 9 heteroatoms. The zero-order valence-electron chi connectivity index (χ0n) is 29.4. The lowest BCUT2D eigenvalue weighted by molar-refractivity contribution is -0.153. The van der Waals surface area contributed by atoms with Crippen LogP contribution >= 0.6 is 7.82 Å². The fourth-order valence-corrected chi connectivity index (χ4v) is 6.02. The second-order valence-corrected chi connectivity index (χ2v) is 14.0. The molecule has 8 nitrogen and oxygen atoms in total. The van der Waals surface area contributed by atoms with Gasteiger partial charge in [0, 0.05) is 13.0 Å². The van der Waals surface area contributed by atoms with Gasteiger partial charge >= 0.3 is 13.8 Å². The van der Waals surface area contributed by atoms with Crippen LogP contribution in [0.2, 0.25) is 0 Å². The van der Waals surface area contributed by atoms with Gasteiger partial charge in [-0.1, -0.05) is 155 Å². The van der Waals surface area contributed by atoms with Gasteiger partial charge in [0.1, 0.15) is 6.61 Å². The van der Waals surface area contributed by atoms with Crippen molar-refractivity contribution in [2.75, 3.05) is 26.4 Å². The Kier molecular flexibility index (Phi) is 33.7. The van der Waals surface area contributed by atoms with E-state index in [4.69, 9.17) is 24.3 Å². The number of carbonyl (C=O) groups is 1. The third-order valence-electron chi connectivity index (χ3n) is 8.03. The monoisotopic (exact) mass is 662 g/mol. The Morgan fingerprint density at radius 2 is 1.11 bits per heavy atom. The molecule has 1 unspecified atom stereocenters. The molecule has 0 spiro atoms. The Morgan fingerprint density at radius 3 is 1.58 bits per heavy atom. The number of hydrogen-bond donors (Lipinski definition) is 2. The second kappa shape index (κ2) is 34.4. The van der Waals surface area contributed by atoms with Crippen molar-refractivity contribution in [1.29, 1.82) is 0 Å². The fourth-order valence-electron chi connectivity index (χ4n) is 5.26. The van der Waals surface area contributed by atoms with Crippen LogP contribution < -0.4 is 5.73 Å². The molecule has 0 bridgehead atoms. The van der Waals surface area contributed by atoms with Crippen LogP contribution in [0.25, 0.3) is 0 Å². The van der Waals surface area contributed by atoms with Crippen LogP contribution in [0.4, 0.5) is 0 Å². The first-order valence-electron chi connectivity index (χ1n) is 18.7. The smallest absolute Gasteiger partial charge is 0.472 e. The maximum absolute atomic E-state index is 12.5. The average Bonchev–Trinajstić information content (AvgIpc) is 3.02. The van der Waals surface area contributed by atoms with E-state index in [0.29, 0.717) is 6.42 Å². The predicted molar refractivity (Wildman–Crippen MR) is 187 cm³/mol. The Hall–Kier alpha value is -0.920. The van der Waals surface area contributed by atoms with Crippen molar-refractivity contribution in [3.05, 3.63) is 12.3 Å². The van der Waals surface area contributed by atoms with E-state index in [2.05, 4.69) is 13.8 Å². The number of rotatable bonds is 36. The summed E-state index contributed by atoms with van der Waals surface area (Å²) in [5, 5.41) is 0. The van der Waals surface area contributed by atoms with Crippen molar-refractivity contribution in [1.82, 2.24) is 0 Å². The molecule has 0 aliphatic heterocycles. The van der Waals surface area contributed by atoms with Crippen molar-refractivity contribution < 1.29 is 32.8 Å². The Morgan fingerprint density at radius 1 is 0.667 bits per heavy atom. The summed E-state index contributed by atoms with van der Waals surface area (Å²) in [4.78, 5) is 22.3. The lowest BCUT2D eigenvalue weighted by Crippen LogP contribution is -2.27. The van der Waals surface area contributed by atoms with Gasteiger partial charge in [-0.05, 0) is 25.3 Å². The summed E-state index contributed by atoms with van der Waals surface area (Å²) in [7, 11) is -4.28. The molecular weight excluding hydrogens is 589 g/mol. The lowest BCUT2D eigenvalue weighted by Gasteiger charge is -2.19. The van der Waals surface area contributed by atoms with E-state index in [1.807, 2.05) is 6.08 Å². The molecule has 45 heavy (non-hydrogen) atoms. The van der Waals surface area contributed by atoms with Gasteiger partial charge in [0.05, 0.1) is 19.5 Å². The molecular formula is C36H72NO7P. The number of carbonyl (C=O) groups excluding carboxylic acids is 1. The Labute approximate surface area is 277 Å². The van der Waals surface area contributed by atoms with Crippen LogP contribution in [0, 0.1) is 0 Å². The minimum atomic E-state index is -4.28. The summed E-state index contributed by atoms with van der Waals surface area (Å²) in [6.45, 7) is 4.24. The van der Waals surface area contributed by atoms with Crippen LogP contribution in [0.1, 0.15) is 181 Å². The van der Waals surface area contributed by atoms with E-state index in [-0.39, 0.29) is 32.3 Å². The van der Waals surface area contributed by atoms with E-state index in [1.54, 1.807) is 6.26 Å². The SMILES string of the molecule is CCCCCCCCCCCCCCC=COC[C@H](COP(=O)(O)OCCN)OC(=O)CCCCCCCCCCCCCC. The molecule has 0 aliphatic carbocycles. The van der Waals surface area contributed by atoms with E-state index in [1.165, 1.54) is 128 Å². The van der Waals surface area contributed by atoms with E-state index in [0.717, 1.165) is 32.1 Å². The molecule has 0 saturated heterocycles. The van der Waals surface area contributed by atoms with Crippen molar-refractivity contribution >= 4 is 13.8 Å². The molecule has 0 aromatic carbocycles. The van der Waals surface area contributed by atoms with E-state index < -0.39 is 13.9 Å². The van der Waals surface area contributed by atoms with Gasteiger partial charge in [-0.2, -0.15) is 0 Å². The largest absolute Gasteiger partial charge is 0.498 e. The van der Waals surface area contributed by atoms with Gasteiger partial charge in [0.15, 0.2) is 6.10 Å². The maximum atomic E-state index is 12.5. The highest BCUT2D eigenvalue weighted by Gasteiger charge is 2.25. The first-order valence-corrected chi connectivity index (χ1v) is 20.2. The minimum absolute atomic E-state index is 0.0377. The van der Waals surface area contributed by atoms with Gasteiger partial charge in [-0.15, -0.1) is 0 Å². The number of esters is 1. The quantitative estimate of drug-likeness (QED) is 0.0295. The minimum Gasteiger partial charge on any atom is -0.498 e. The highest BCUT2D eigenvalue weighted by atomic mass is 31.2. The second-order valence-electron chi connectivity index (χ2n) is 12.5. The highest BCUT2D eigenvalue weighted by Crippen LogP contribution is 2.43. The number of phosphoric acid groups is 1. The molecule has 3 N–H and O–H groups in total. The molecule has 0 aliphatic rings. The van der Waals surface area contributed by atoms with Crippen molar-refractivity contribution in [2.45, 2.75) is 187 Å². The summed E-state index contributed by atoms with van der Waals surface area (Å²) in [5.41, 5.74) is 5.34. The number of hydrogen-bond acceptors (Lipinski definition) is 7. The molecule has 2 atom stereocenters. The first kappa shape index (κ1) is 44.1. The number of phosphoric ester groups is 1. The van der Waals surface area contributed by atoms with Gasteiger partial charge in [0.2, 0.25) is 0 Å². The molecule has 0 rings (SSSR count). The fraction of sp³-hybridized carbons (Fsp3) is 0.917. The summed E-state index contributed by atoms with van der Waals surface area (Å²) in [6, 6.07) is 0. The number of unbranched alkanes of at least 4 members (excludes halogenated alkanes) is 23. The first-order chi connectivity index (χ1) is 21.9. The lowest BCUT2D eigenvalue weighted by atomic mass is 10.0. The van der Waals surface area contributed by atoms with Crippen molar-refractivity contribution in [3.8, 4) is 0 Å². The molecule has 0 aromatic heterocycles. The average molecular weight is 662 g/mol. The molecule has 0 radical (unpaired) electrons. The van der Waals surface area contributed by atoms with Crippen LogP contribution in [0.15, 0.2) is 12.3 Å². The zero-order chi connectivity index (χ0) is 33.1. The van der Waals surface area contributed by atoms with E-state index >= 15 is 0 Å². The van der Waals surface area contributed by atoms with Gasteiger partial charge < -0.3 is 20.1 Å². The number of ether oxygens (including phenoxy) is 2. The third kappa shape index (κ3) is 34.2. The molecule has 0 amide bonds. The molecule has 0 aromatic rings. The summed E-state index contributed by atoms with van der Waals surface area (Å²) in [5.74, 6) is -0.351. The van der Waals surface area contributed by atoms with Crippen LogP contribution in [-0.4, -0.2) is 43.3 Å². The maximum Gasteiger partial charge on any atom is 0.472 e. The van der Waals surface area contributed by atoms with Crippen LogP contribution in [-0.2, 0) is 27.9 Å².